The predicted molar refractivity (Wildman–Crippen MR) is 74.3 cm³/mol. The quantitative estimate of drug-likeness (QED) is 0.568. The molecule has 0 aromatic heterocycles. The first kappa shape index (κ1) is 14.7. The minimum absolute atomic E-state index is 0.198. The van der Waals surface area contributed by atoms with Crippen LogP contribution in [0, 0.1) is 0 Å². The van der Waals surface area contributed by atoms with Crippen LogP contribution in [0.2, 0.25) is 0 Å². The molecule has 0 radical (unpaired) electrons. The largest absolute Gasteiger partial charge is 0.494 e. The van der Waals surface area contributed by atoms with Gasteiger partial charge in [0.2, 0.25) is 0 Å². The van der Waals surface area contributed by atoms with Gasteiger partial charge in [0.1, 0.15) is 5.75 Å². The van der Waals surface area contributed by atoms with Gasteiger partial charge in [-0.25, -0.2) is 0 Å². The second-order valence-corrected chi connectivity index (χ2v) is 4.59. The maximum absolute atomic E-state index is 11.9. The lowest BCUT2D eigenvalue weighted by molar-refractivity contribution is 0.0979. The minimum atomic E-state index is 0.198. The van der Waals surface area contributed by atoms with Gasteiger partial charge in [0.15, 0.2) is 5.78 Å². The number of ketones is 1. The van der Waals surface area contributed by atoms with E-state index in [-0.39, 0.29) is 5.78 Å². The highest BCUT2D eigenvalue weighted by atomic mass is 16.5. The molecule has 0 saturated carbocycles. The molecule has 0 aliphatic rings. The summed E-state index contributed by atoms with van der Waals surface area (Å²) in [5, 5.41) is 3.31. The van der Waals surface area contributed by atoms with Crippen molar-refractivity contribution in [2.75, 3.05) is 13.2 Å². The van der Waals surface area contributed by atoms with Gasteiger partial charge in [-0.2, -0.15) is 0 Å². The molecule has 0 saturated heterocycles. The molecule has 1 aromatic carbocycles. The number of rotatable bonds is 8. The molecule has 18 heavy (non-hydrogen) atoms. The molecule has 3 heteroatoms. The van der Waals surface area contributed by atoms with Gasteiger partial charge in [0.05, 0.1) is 6.61 Å². The molecule has 0 amide bonds. The number of carbonyl (C=O) groups is 1. The zero-order valence-corrected chi connectivity index (χ0v) is 11.5. The zero-order valence-electron chi connectivity index (χ0n) is 11.5. The Morgan fingerprint density at radius 3 is 2.50 bits per heavy atom. The van der Waals surface area contributed by atoms with Crippen LogP contribution in [0.25, 0.3) is 0 Å². The fraction of sp³-hybridized carbons (Fsp3) is 0.533. The van der Waals surface area contributed by atoms with Crippen LogP contribution in [0.3, 0.4) is 0 Å². The SMILES string of the molecule is CCOc1ccc(C(=O)CCCNC(C)C)cc1. The van der Waals surface area contributed by atoms with Crippen LogP contribution < -0.4 is 10.1 Å². The van der Waals surface area contributed by atoms with Gasteiger partial charge in [0, 0.05) is 18.0 Å². The summed E-state index contributed by atoms with van der Waals surface area (Å²) in [6.45, 7) is 7.69. The van der Waals surface area contributed by atoms with Crippen molar-refractivity contribution in [3.05, 3.63) is 29.8 Å². The first-order chi connectivity index (χ1) is 8.63. The number of ether oxygens (including phenoxy) is 1. The predicted octanol–water partition coefficient (Wildman–Crippen LogP) is 3.05. The van der Waals surface area contributed by atoms with Crippen LogP contribution in [-0.2, 0) is 0 Å². The molecule has 1 aromatic rings. The lowest BCUT2D eigenvalue weighted by atomic mass is 10.1. The highest BCUT2D eigenvalue weighted by Crippen LogP contribution is 2.13. The fourth-order valence-electron chi connectivity index (χ4n) is 1.69. The summed E-state index contributed by atoms with van der Waals surface area (Å²) in [4.78, 5) is 11.9. The summed E-state index contributed by atoms with van der Waals surface area (Å²) in [5.41, 5.74) is 0.767. The van der Waals surface area contributed by atoms with Gasteiger partial charge in [-0.1, -0.05) is 13.8 Å². The van der Waals surface area contributed by atoms with Crippen LogP contribution in [-0.4, -0.2) is 25.0 Å². The van der Waals surface area contributed by atoms with Gasteiger partial charge >= 0.3 is 0 Å². The van der Waals surface area contributed by atoms with Crippen LogP contribution in [0.5, 0.6) is 5.75 Å². The summed E-state index contributed by atoms with van der Waals surface area (Å²) in [6, 6.07) is 7.85. The Kier molecular flexibility index (Phi) is 6.44. The first-order valence-corrected chi connectivity index (χ1v) is 6.63. The maximum Gasteiger partial charge on any atom is 0.162 e. The molecule has 100 valence electrons. The van der Waals surface area contributed by atoms with E-state index in [1.165, 1.54) is 0 Å². The third-order valence-corrected chi connectivity index (χ3v) is 2.62. The van der Waals surface area contributed by atoms with Gasteiger partial charge in [-0.05, 0) is 44.2 Å². The van der Waals surface area contributed by atoms with E-state index >= 15 is 0 Å². The van der Waals surface area contributed by atoms with E-state index in [1.807, 2.05) is 31.2 Å². The molecule has 0 aliphatic heterocycles. The molecule has 0 heterocycles. The highest BCUT2D eigenvalue weighted by molar-refractivity contribution is 5.96. The molecule has 0 spiro atoms. The Labute approximate surface area is 110 Å². The second kappa shape index (κ2) is 7.88. The van der Waals surface area contributed by atoms with Crippen LogP contribution in [0.1, 0.15) is 44.0 Å². The number of benzene rings is 1. The molecule has 0 atom stereocenters. The van der Waals surface area contributed by atoms with Gasteiger partial charge in [-0.15, -0.1) is 0 Å². The maximum atomic E-state index is 11.9. The summed E-state index contributed by atoms with van der Waals surface area (Å²) in [5.74, 6) is 1.01. The second-order valence-electron chi connectivity index (χ2n) is 4.59. The average molecular weight is 249 g/mol. The Balaban J connectivity index is 2.37. The number of nitrogens with one attached hydrogen (secondary N) is 1. The summed E-state index contributed by atoms with van der Waals surface area (Å²) in [6.07, 6.45) is 1.47. The Morgan fingerprint density at radius 1 is 1.28 bits per heavy atom. The van der Waals surface area contributed by atoms with E-state index in [4.69, 9.17) is 4.74 Å². The van der Waals surface area contributed by atoms with Crippen LogP contribution in [0.15, 0.2) is 24.3 Å². The monoisotopic (exact) mass is 249 g/mol. The van der Waals surface area contributed by atoms with Crippen molar-refractivity contribution in [1.29, 1.82) is 0 Å². The first-order valence-electron chi connectivity index (χ1n) is 6.63. The molecule has 1 rings (SSSR count). The Bertz CT molecular complexity index is 357. The number of Topliss-reactive ketones (excluding diaryl/α,β-unsaturated/α-hetero) is 1. The van der Waals surface area contributed by atoms with Crippen molar-refractivity contribution in [2.24, 2.45) is 0 Å². The van der Waals surface area contributed by atoms with E-state index in [0.717, 1.165) is 24.3 Å². The van der Waals surface area contributed by atoms with Crippen LogP contribution in [0.4, 0.5) is 0 Å². The van der Waals surface area contributed by atoms with Crippen molar-refractivity contribution >= 4 is 5.78 Å². The lowest BCUT2D eigenvalue weighted by Gasteiger charge is -2.07. The third-order valence-electron chi connectivity index (χ3n) is 2.62. The fourth-order valence-corrected chi connectivity index (χ4v) is 1.69. The molecule has 1 N–H and O–H groups in total. The average Bonchev–Trinajstić information content (AvgIpc) is 2.35. The van der Waals surface area contributed by atoms with E-state index in [1.54, 1.807) is 0 Å². The molecular formula is C15H23NO2. The van der Waals surface area contributed by atoms with Gasteiger partial charge < -0.3 is 10.1 Å². The van der Waals surface area contributed by atoms with Crippen LogP contribution >= 0.6 is 0 Å². The van der Waals surface area contributed by atoms with E-state index in [2.05, 4.69) is 19.2 Å². The smallest absolute Gasteiger partial charge is 0.162 e. The number of hydrogen-bond donors (Lipinski definition) is 1. The highest BCUT2D eigenvalue weighted by Gasteiger charge is 2.05. The number of carbonyl (C=O) groups excluding carboxylic acids is 1. The molecule has 0 bridgehead atoms. The van der Waals surface area contributed by atoms with Crippen molar-refractivity contribution in [1.82, 2.24) is 5.32 Å². The lowest BCUT2D eigenvalue weighted by Crippen LogP contribution is -2.24. The van der Waals surface area contributed by atoms with Crippen molar-refractivity contribution < 1.29 is 9.53 Å². The topological polar surface area (TPSA) is 38.3 Å². The van der Waals surface area contributed by atoms with Gasteiger partial charge in [0.25, 0.3) is 0 Å². The standard InChI is InChI=1S/C15H23NO2/c1-4-18-14-9-7-13(8-10-14)15(17)6-5-11-16-12(2)3/h7-10,12,16H,4-6,11H2,1-3H3. The van der Waals surface area contributed by atoms with E-state index in [0.29, 0.717) is 19.1 Å². The molecular weight excluding hydrogens is 226 g/mol. The molecule has 0 fully saturated rings. The van der Waals surface area contributed by atoms with Crippen molar-refractivity contribution in [2.45, 2.75) is 39.7 Å². The Morgan fingerprint density at radius 2 is 1.94 bits per heavy atom. The van der Waals surface area contributed by atoms with Gasteiger partial charge in [-0.3, -0.25) is 4.79 Å². The van der Waals surface area contributed by atoms with E-state index < -0.39 is 0 Å². The summed E-state index contributed by atoms with van der Waals surface area (Å²) < 4.78 is 5.34. The zero-order chi connectivity index (χ0) is 13.4. The third kappa shape index (κ3) is 5.32. The molecule has 3 nitrogen and oxygen atoms in total. The molecule has 0 aliphatic carbocycles. The number of hydrogen-bond acceptors (Lipinski definition) is 3. The summed E-state index contributed by atoms with van der Waals surface area (Å²) >= 11 is 0. The molecule has 0 unspecified atom stereocenters. The van der Waals surface area contributed by atoms with Crippen molar-refractivity contribution in [3.8, 4) is 5.75 Å². The van der Waals surface area contributed by atoms with E-state index in [9.17, 15) is 4.79 Å². The Hall–Kier alpha value is -1.35. The summed E-state index contributed by atoms with van der Waals surface area (Å²) in [7, 11) is 0. The minimum Gasteiger partial charge on any atom is -0.494 e. The normalized spacial score (nSPS) is 10.7. The van der Waals surface area contributed by atoms with Crippen molar-refractivity contribution in [3.63, 3.8) is 0 Å².